The highest BCUT2D eigenvalue weighted by atomic mass is 19.1. The van der Waals surface area contributed by atoms with E-state index in [1.54, 1.807) is 41.3 Å². The van der Waals surface area contributed by atoms with Gasteiger partial charge in [-0.25, -0.2) is 8.78 Å². The number of halogens is 2. The molecular weight excluding hydrogens is 400 g/mol. The molecule has 7 heteroatoms. The molecule has 0 aliphatic carbocycles. The van der Waals surface area contributed by atoms with Gasteiger partial charge in [-0.2, -0.15) is 0 Å². The van der Waals surface area contributed by atoms with E-state index in [0.717, 1.165) is 24.2 Å². The van der Waals surface area contributed by atoms with Crippen LogP contribution in [0.1, 0.15) is 11.1 Å². The standard InChI is InChI=1S/C24H25F2N3O2/c25-21-7-1-19(2-8-21)5-11-23(30)27-13-14-28-15-17-29(18-16-28)24(31)12-6-20-3-9-22(26)10-4-20/h1-12H,13-18H2,(H,27,30). The zero-order chi connectivity index (χ0) is 22.1. The molecule has 1 fully saturated rings. The van der Waals surface area contributed by atoms with Gasteiger partial charge in [-0.15, -0.1) is 0 Å². The summed E-state index contributed by atoms with van der Waals surface area (Å²) in [5, 5.41) is 2.83. The summed E-state index contributed by atoms with van der Waals surface area (Å²) in [5.74, 6) is -0.890. The van der Waals surface area contributed by atoms with E-state index < -0.39 is 0 Å². The summed E-state index contributed by atoms with van der Waals surface area (Å²) in [5.41, 5.74) is 1.53. The Labute approximate surface area is 180 Å². The average Bonchev–Trinajstić information content (AvgIpc) is 2.78. The number of nitrogens with zero attached hydrogens (tertiary/aromatic N) is 2. The van der Waals surface area contributed by atoms with Crippen molar-refractivity contribution in [2.45, 2.75) is 0 Å². The number of piperazine rings is 1. The second kappa shape index (κ2) is 11.2. The van der Waals surface area contributed by atoms with E-state index in [2.05, 4.69) is 10.2 Å². The monoisotopic (exact) mass is 425 g/mol. The van der Waals surface area contributed by atoms with Crippen molar-refractivity contribution >= 4 is 24.0 Å². The lowest BCUT2D eigenvalue weighted by molar-refractivity contribution is -0.127. The quantitative estimate of drug-likeness (QED) is 0.694. The van der Waals surface area contributed by atoms with Crippen LogP contribution in [0, 0.1) is 11.6 Å². The Hall–Kier alpha value is -3.32. The van der Waals surface area contributed by atoms with Gasteiger partial charge in [0, 0.05) is 51.4 Å². The summed E-state index contributed by atoms with van der Waals surface area (Å²) < 4.78 is 25.8. The summed E-state index contributed by atoms with van der Waals surface area (Å²) in [4.78, 5) is 28.2. The van der Waals surface area contributed by atoms with Crippen LogP contribution in [0.2, 0.25) is 0 Å². The fourth-order valence-electron chi connectivity index (χ4n) is 3.18. The molecule has 1 aliphatic heterocycles. The smallest absolute Gasteiger partial charge is 0.246 e. The minimum absolute atomic E-state index is 0.0665. The lowest BCUT2D eigenvalue weighted by Crippen LogP contribution is -2.49. The van der Waals surface area contributed by atoms with Crippen molar-refractivity contribution in [3.63, 3.8) is 0 Å². The highest BCUT2D eigenvalue weighted by Gasteiger charge is 2.19. The highest BCUT2D eigenvalue weighted by molar-refractivity contribution is 5.92. The molecule has 0 saturated carbocycles. The van der Waals surface area contributed by atoms with E-state index in [4.69, 9.17) is 0 Å². The minimum atomic E-state index is -0.313. The number of hydrogen-bond acceptors (Lipinski definition) is 3. The van der Waals surface area contributed by atoms with Crippen LogP contribution in [-0.4, -0.2) is 60.9 Å². The van der Waals surface area contributed by atoms with Gasteiger partial charge in [0.15, 0.2) is 0 Å². The van der Waals surface area contributed by atoms with Crippen LogP contribution >= 0.6 is 0 Å². The maximum Gasteiger partial charge on any atom is 0.246 e. The molecule has 2 aromatic rings. The van der Waals surface area contributed by atoms with Crippen LogP contribution < -0.4 is 5.32 Å². The molecule has 3 rings (SSSR count). The maximum absolute atomic E-state index is 12.9. The van der Waals surface area contributed by atoms with Gasteiger partial charge in [0.1, 0.15) is 11.6 Å². The first kappa shape index (κ1) is 22.4. The molecule has 1 aliphatic rings. The predicted octanol–water partition coefficient (Wildman–Crippen LogP) is 2.95. The molecule has 2 aromatic carbocycles. The van der Waals surface area contributed by atoms with Gasteiger partial charge in [-0.3, -0.25) is 14.5 Å². The fourth-order valence-corrected chi connectivity index (χ4v) is 3.18. The molecule has 0 unspecified atom stereocenters. The van der Waals surface area contributed by atoms with Crippen molar-refractivity contribution in [1.29, 1.82) is 0 Å². The van der Waals surface area contributed by atoms with Crippen LogP contribution in [0.4, 0.5) is 8.78 Å². The van der Waals surface area contributed by atoms with Crippen LogP contribution in [0.25, 0.3) is 12.2 Å². The number of carbonyl (C=O) groups is 2. The minimum Gasteiger partial charge on any atom is -0.351 e. The van der Waals surface area contributed by atoms with E-state index in [1.807, 2.05) is 0 Å². The van der Waals surface area contributed by atoms with E-state index in [1.165, 1.54) is 36.4 Å². The Balaban J connectivity index is 1.34. The van der Waals surface area contributed by atoms with Gasteiger partial charge in [0.25, 0.3) is 0 Å². The topological polar surface area (TPSA) is 52.7 Å². The van der Waals surface area contributed by atoms with Gasteiger partial charge in [0.2, 0.25) is 11.8 Å². The van der Waals surface area contributed by atoms with Crippen LogP contribution in [-0.2, 0) is 9.59 Å². The van der Waals surface area contributed by atoms with Gasteiger partial charge >= 0.3 is 0 Å². The molecule has 1 saturated heterocycles. The van der Waals surface area contributed by atoms with Crippen molar-refractivity contribution in [3.05, 3.63) is 83.4 Å². The van der Waals surface area contributed by atoms with E-state index in [-0.39, 0.29) is 23.4 Å². The molecule has 1 N–H and O–H groups in total. The summed E-state index contributed by atoms with van der Waals surface area (Å²) in [6.07, 6.45) is 6.26. The van der Waals surface area contributed by atoms with Crippen LogP contribution in [0.3, 0.4) is 0 Å². The molecule has 0 spiro atoms. The van der Waals surface area contributed by atoms with E-state index in [9.17, 15) is 18.4 Å². The third-order valence-electron chi connectivity index (χ3n) is 5.00. The SMILES string of the molecule is O=C(C=Cc1ccc(F)cc1)NCCN1CCN(C(=O)C=Cc2ccc(F)cc2)CC1. The number of benzene rings is 2. The van der Waals surface area contributed by atoms with Crippen molar-refractivity contribution in [2.75, 3.05) is 39.3 Å². The molecule has 0 aromatic heterocycles. The van der Waals surface area contributed by atoms with Gasteiger partial charge in [-0.1, -0.05) is 24.3 Å². The number of amides is 2. The van der Waals surface area contributed by atoms with Crippen LogP contribution in [0.15, 0.2) is 60.7 Å². The first-order valence-corrected chi connectivity index (χ1v) is 10.2. The summed E-state index contributed by atoms with van der Waals surface area (Å²) >= 11 is 0. The normalized spacial score (nSPS) is 15.0. The van der Waals surface area contributed by atoms with Crippen LogP contribution in [0.5, 0.6) is 0 Å². The molecule has 0 radical (unpaired) electrons. The zero-order valence-corrected chi connectivity index (χ0v) is 17.1. The lowest BCUT2D eigenvalue weighted by atomic mass is 10.2. The Kier molecular flexibility index (Phi) is 8.06. The molecule has 162 valence electrons. The Morgan fingerprint density at radius 2 is 1.32 bits per heavy atom. The number of carbonyl (C=O) groups excluding carboxylic acids is 2. The van der Waals surface area contributed by atoms with Crippen molar-refractivity contribution < 1.29 is 18.4 Å². The van der Waals surface area contributed by atoms with Gasteiger partial charge in [0.05, 0.1) is 0 Å². The predicted molar refractivity (Wildman–Crippen MR) is 117 cm³/mol. The third kappa shape index (κ3) is 7.46. The Morgan fingerprint density at radius 3 is 1.87 bits per heavy atom. The Morgan fingerprint density at radius 1 is 0.806 bits per heavy atom. The van der Waals surface area contributed by atoms with E-state index in [0.29, 0.717) is 26.2 Å². The first-order valence-electron chi connectivity index (χ1n) is 10.2. The molecule has 2 amide bonds. The molecule has 5 nitrogen and oxygen atoms in total. The lowest BCUT2D eigenvalue weighted by Gasteiger charge is -2.34. The third-order valence-corrected chi connectivity index (χ3v) is 5.00. The molecule has 31 heavy (non-hydrogen) atoms. The Bertz CT molecular complexity index is 930. The molecule has 1 heterocycles. The first-order chi connectivity index (χ1) is 15.0. The van der Waals surface area contributed by atoms with Gasteiger partial charge in [-0.05, 0) is 47.5 Å². The second-order valence-corrected chi connectivity index (χ2v) is 7.23. The van der Waals surface area contributed by atoms with Crippen molar-refractivity contribution in [2.24, 2.45) is 0 Å². The number of rotatable bonds is 7. The number of nitrogens with one attached hydrogen (secondary N) is 1. The molecule has 0 bridgehead atoms. The zero-order valence-electron chi connectivity index (χ0n) is 17.1. The van der Waals surface area contributed by atoms with Crippen molar-refractivity contribution in [3.8, 4) is 0 Å². The molecule has 0 atom stereocenters. The number of hydrogen-bond donors (Lipinski definition) is 1. The second-order valence-electron chi connectivity index (χ2n) is 7.23. The summed E-state index contributed by atoms with van der Waals surface area (Å²) in [6.45, 7) is 3.90. The summed E-state index contributed by atoms with van der Waals surface area (Å²) in [6, 6.07) is 11.9. The van der Waals surface area contributed by atoms with E-state index >= 15 is 0 Å². The largest absolute Gasteiger partial charge is 0.351 e. The molecular formula is C24H25F2N3O2. The van der Waals surface area contributed by atoms with Crippen molar-refractivity contribution in [1.82, 2.24) is 15.1 Å². The van der Waals surface area contributed by atoms with Gasteiger partial charge < -0.3 is 10.2 Å². The fraction of sp³-hybridized carbons (Fsp3) is 0.250. The average molecular weight is 425 g/mol. The summed E-state index contributed by atoms with van der Waals surface area (Å²) in [7, 11) is 0. The maximum atomic E-state index is 12.9. The highest BCUT2D eigenvalue weighted by Crippen LogP contribution is 2.07.